The third kappa shape index (κ3) is 1.61. The zero-order valence-corrected chi connectivity index (χ0v) is 10.00. The molecule has 16 heavy (non-hydrogen) atoms. The van der Waals surface area contributed by atoms with Gasteiger partial charge in [0.05, 0.1) is 0 Å². The van der Waals surface area contributed by atoms with Crippen LogP contribution in [0.25, 0.3) is 0 Å². The standard InChI is InChI=1S/C14H20N2/c1-16-8-11-5-3-2-4-10-6-13(15)7-12(9-16)14(10)11/h6-7,11H,2-5,8-9,15H2,1H3. The van der Waals surface area contributed by atoms with Crippen molar-refractivity contribution in [1.29, 1.82) is 0 Å². The van der Waals surface area contributed by atoms with Crippen molar-refractivity contribution in [2.75, 3.05) is 19.3 Å². The number of hydrogen-bond acceptors (Lipinski definition) is 2. The lowest BCUT2D eigenvalue weighted by molar-refractivity contribution is 0.274. The average molecular weight is 216 g/mol. The number of rotatable bonds is 0. The molecule has 1 atom stereocenters. The first-order chi connectivity index (χ1) is 7.74. The van der Waals surface area contributed by atoms with Crippen molar-refractivity contribution in [3.63, 3.8) is 0 Å². The van der Waals surface area contributed by atoms with Gasteiger partial charge in [-0.2, -0.15) is 0 Å². The van der Waals surface area contributed by atoms with E-state index in [-0.39, 0.29) is 0 Å². The lowest BCUT2D eigenvalue weighted by Crippen LogP contribution is -2.30. The number of anilines is 1. The molecule has 0 amide bonds. The zero-order chi connectivity index (χ0) is 11.1. The minimum absolute atomic E-state index is 0.756. The maximum Gasteiger partial charge on any atom is 0.0320 e. The fourth-order valence-corrected chi connectivity index (χ4v) is 3.43. The molecule has 0 fully saturated rings. The highest BCUT2D eigenvalue weighted by Crippen LogP contribution is 2.38. The zero-order valence-electron chi connectivity index (χ0n) is 10.00. The maximum absolute atomic E-state index is 6.01. The van der Waals surface area contributed by atoms with Crippen molar-refractivity contribution >= 4 is 5.69 Å². The molecule has 0 aromatic heterocycles. The van der Waals surface area contributed by atoms with E-state index in [1.165, 1.54) is 43.4 Å². The molecule has 1 aliphatic heterocycles. The summed E-state index contributed by atoms with van der Waals surface area (Å²) in [5.74, 6) is 0.756. The lowest BCUT2D eigenvalue weighted by atomic mass is 9.85. The number of nitrogen functional groups attached to an aromatic ring is 1. The van der Waals surface area contributed by atoms with Gasteiger partial charge in [-0.25, -0.2) is 0 Å². The highest BCUT2D eigenvalue weighted by Gasteiger charge is 2.27. The monoisotopic (exact) mass is 216 g/mol. The number of nitrogens with two attached hydrogens (primary N) is 1. The van der Waals surface area contributed by atoms with Gasteiger partial charge in [0.15, 0.2) is 0 Å². The van der Waals surface area contributed by atoms with Gasteiger partial charge in [-0.05, 0) is 61.1 Å². The van der Waals surface area contributed by atoms with Gasteiger partial charge in [-0.1, -0.05) is 6.42 Å². The van der Waals surface area contributed by atoms with Crippen LogP contribution in [-0.2, 0) is 13.0 Å². The quantitative estimate of drug-likeness (QED) is 0.675. The summed E-state index contributed by atoms with van der Waals surface area (Å²) in [5.41, 5.74) is 11.6. The molecule has 1 unspecified atom stereocenters. The van der Waals surface area contributed by atoms with Gasteiger partial charge in [0.25, 0.3) is 0 Å². The minimum atomic E-state index is 0.756. The smallest absolute Gasteiger partial charge is 0.0320 e. The van der Waals surface area contributed by atoms with Crippen LogP contribution in [0.5, 0.6) is 0 Å². The summed E-state index contributed by atoms with van der Waals surface area (Å²) in [5, 5.41) is 0. The van der Waals surface area contributed by atoms with Crippen molar-refractivity contribution in [2.24, 2.45) is 0 Å². The van der Waals surface area contributed by atoms with E-state index in [4.69, 9.17) is 5.73 Å². The first-order valence-corrected chi connectivity index (χ1v) is 6.34. The molecule has 0 spiro atoms. The van der Waals surface area contributed by atoms with Gasteiger partial charge >= 0.3 is 0 Å². The fraction of sp³-hybridized carbons (Fsp3) is 0.571. The van der Waals surface area contributed by atoms with E-state index in [1.54, 1.807) is 5.56 Å². The fourth-order valence-electron chi connectivity index (χ4n) is 3.43. The van der Waals surface area contributed by atoms with Gasteiger partial charge < -0.3 is 10.6 Å². The molecule has 2 N–H and O–H groups in total. The molecule has 86 valence electrons. The average Bonchev–Trinajstić information content (AvgIpc) is 2.40. The van der Waals surface area contributed by atoms with Crippen molar-refractivity contribution < 1.29 is 0 Å². The van der Waals surface area contributed by atoms with E-state index in [9.17, 15) is 0 Å². The Morgan fingerprint density at radius 1 is 1.25 bits per heavy atom. The molecule has 2 aliphatic rings. The topological polar surface area (TPSA) is 29.3 Å². The van der Waals surface area contributed by atoms with Crippen molar-refractivity contribution in [1.82, 2.24) is 4.90 Å². The van der Waals surface area contributed by atoms with Gasteiger partial charge in [0, 0.05) is 18.8 Å². The molecule has 3 rings (SSSR count). The Labute approximate surface area is 97.4 Å². The number of likely N-dealkylation sites (N-methyl/N-ethyl adjacent to an activating group) is 1. The Balaban J connectivity index is 2.14. The van der Waals surface area contributed by atoms with Crippen molar-refractivity contribution in [2.45, 2.75) is 38.1 Å². The summed E-state index contributed by atoms with van der Waals surface area (Å²) in [6.45, 7) is 2.30. The first kappa shape index (κ1) is 10.2. The van der Waals surface area contributed by atoms with E-state index in [2.05, 4.69) is 24.1 Å². The van der Waals surface area contributed by atoms with Gasteiger partial charge in [0.2, 0.25) is 0 Å². The highest BCUT2D eigenvalue weighted by molar-refractivity contribution is 5.52. The Kier molecular flexibility index (Phi) is 2.40. The van der Waals surface area contributed by atoms with Crippen molar-refractivity contribution in [3.05, 3.63) is 28.8 Å². The molecule has 2 heteroatoms. The number of aryl methyl sites for hydroxylation is 1. The van der Waals surface area contributed by atoms with E-state index in [0.29, 0.717) is 0 Å². The lowest BCUT2D eigenvalue weighted by Gasteiger charge is -2.33. The molecule has 2 nitrogen and oxygen atoms in total. The highest BCUT2D eigenvalue weighted by atomic mass is 15.1. The molecule has 0 saturated heterocycles. The first-order valence-electron chi connectivity index (χ1n) is 6.34. The van der Waals surface area contributed by atoms with Gasteiger partial charge in [-0.3, -0.25) is 0 Å². The van der Waals surface area contributed by atoms with Crippen LogP contribution in [0.1, 0.15) is 41.9 Å². The summed E-state index contributed by atoms with van der Waals surface area (Å²) < 4.78 is 0. The van der Waals surface area contributed by atoms with Gasteiger partial charge in [0.1, 0.15) is 0 Å². The van der Waals surface area contributed by atoms with E-state index >= 15 is 0 Å². The molecule has 0 saturated carbocycles. The summed E-state index contributed by atoms with van der Waals surface area (Å²) in [4.78, 5) is 2.43. The molecule has 1 aromatic carbocycles. The van der Waals surface area contributed by atoms with Crippen LogP contribution in [0.2, 0.25) is 0 Å². The summed E-state index contributed by atoms with van der Waals surface area (Å²) in [6.07, 6.45) is 5.28. The van der Waals surface area contributed by atoms with E-state index < -0.39 is 0 Å². The molecule has 0 bridgehead atoms. The number of nitrogens with zero attached hydrogens (tertiary/aromatic N) is 1. The number of hydrogen-bond donors (Lipinski definition) is 1. The molecule has 0 radical (unpaired) electrons. The van der Waals surface area contributed by atoms with Crippen LogP contribution in [0, 0.1) is 0 Å². The van der Waals surface area contributed by atoms with Crippen molar-refractivity contribution in [3.8, 4) is 0 Å². The Morgan fingerprint density at radius 2 is 2.06 bits per heavy atom. The van der Waals surface area contributed by atoms with E-state index in [1.807, 2.05) is 0 Å². The van der Waals surface area contributed by atoms with Crippen LogP contribution < -0.4 is 5.73 Å². The third-order valence-electron chi connectivity index (χ3n) is 4.00. The van der Waals surface area contributed by atoms with Gasteiger partial charge in [-0.15, -0.1) is 0 Å². The summed E-state index contributed by atoms with van der Waals surface area (Å²) in [7, 11) is 2.22. The summed E-state index contributed by atoms with van der Waals surface area (Å²) in [6, 6.07) is 4.40. The molecular weight excluding hydrogens is 196 g/mol. The molecule has 1 aliphatic carbocycles. The largest absolute Gasteiger partial charge is 0.399 e. The van der Waals surface area contributed by atoms with E-state index in [0.717, 1.165) is 18.2 Å². The van der Waals surface area contributed by atoms with Crippen LogP contribution in [-0.4, -0.2) is 18.5 Å². The predicted octanol–water partition coefficient (Wildman–Crippen LogP) is 2.52. The molecule has 1 aromatic rings. The minimum Gasteiger partial charge on any atom is -0.399 e. The van der Waals surface area contributed by atoms with Crippen LogP contribution in [0.15, 0.2) is 12.1 Å². The SMILES string of the molecule is CN1Cc2cc(N)cc3c2C(CCCC3)C1. The third-order valence-corrected chi connectivity index (χ3v) is 4.00. The molecule has 1 heterocycles. The second-order valence-electron chi connectivity index (χ2n) is 5.39. The second-order valence-corrected chi connectivity index (χ2v) is 5.39. The Bertz CT molecular complexity index is 411. The predicted molar refractivity (Wildman–Crippen MR) is 67.5 cm³/mol. The Hall–Kier alpha value is -1.02. The maximum atomic E-state index is 6.01. The second kappa shape index (κ2) is 3.77. The van der Waals surface area contributed by atoms with Crippen LogP contribution in [0.3, 0.4) is 0 Å². The van der Waals surface area contributed by atoms with Crippen LogP contribution >= 0.6 is 0 Å². The Morgan fingerprint density at radius 3 is 2.94 bits per heavy atom. The van der Waals surface area contributed by atoms with Crippen LogP contribution in [0.4, 0.5) is 5.69 Å². The number of benzene rings is 1. The molecular formula is C14H20N2. The normalized spacial score (nSPS) is 24.9. The summed E-state index contributed by atoms with van der Waals surface area (Å²) >= 11 is 0.